The van der Waals surface area contributed by atoms with Crippen LogP contribution in [0.5, 0.6) is 17.4 Å². The highest BCUT2D eigenvalue weighted by Gasteiger charge is 2.35. The summed E-state index contributed by atoms with van der Waals surface area (Å²) in [6, 6.07) is 22.5. The fourth-order valence-electron chi connectivity index (χ4n) is 6.25. The number of aromatic hydroxyl groups is 1. The summed E-state index contributed by atoms with van der Waals surface area (Å²) in [6.07, 6.45) is 5.13. The number of benzene rings is 3. The molecule has 4 heterocycles. The van der Waals surface area contributed by atoms with Gasteiger partial charge in [0.05, 0.1) is 30.7 Å². The van der Waals surface area contributed by atoms with Crippen molar-refractivity contribution in [2.24, 2.45) is 10.2 Å². The number of likely N-dealkylation sites (tertiary alicyclic amines) is 1. The van der Waals surface area contributed by atoms with E-state index in [-0.39, 0.29) is 29.5 Å². The van der Waals surface area contributed by atoms with Gasteiger partial charge in [-0.2, -0.15) is 0 Å². The third kappa shape index (κ3) is 6.13. The van der Waals surface area contributed by atoms with E-state index in [0.29, 0.717) is 34.8 Å². The molecule has 2 fully saturated rings. The Labute approximate surface area is 275 Å². The van der Waals surface area contributed by atoms with Crippen LogP contribution in [0, 0.1) is 0 Å². The number of methoxy groups -OCH3 is 1. The van der Waals surface area contributed by atoms with Gasteiger partial charge in [-0.15, -0.1) is 22.0 Å². The maximum atomic E-state index is 13.2. The molecule has 2 amide bonds. The molecule has 0 aliphatic carbocycles. The van der Waals surface area contributed by atoms with Crippen LogP contribution in [0.3, 0.4) is 0 Å². The smallest absolute Gasteiger partial charge is 0.302 e. The average molecular weight is 651 g/mol. The number of carbonyl (C=O) groups excluding carboxylic acids is 2. The number of thioether (sulfide) groups is 1. The van der Waals surface area contributed by atoms with Gasteiger partial charge in [0, 0.05) is 17.0 Å². The highest BCUT2D eigenvalue weighted by molar-refractivity contribution is 8.00. The van der Waals surface area contributed by atoms with Gasteiger partial charge >= 0.3 is 5.91 Å². The number of para-hydroxylation sites is 1. The van der Waals surface area contributed by atoms with Gasteiger partial charge in [-0.25, -0.2) is 0 Å². The van der Waals surface area contributed by atoms with Crippen LogP contribution in [0.4, 0.5) is 11.4 Å². The first-order valence-electron chi connectivity index (χ1n) is 15.6. The summed E-state index contributed by atoms with van der Waals surface area (Å²) in [7, 11) is 1.62. The third-order valence-corrected chi connectivity index (χ3v) is 9.77. The predicted molar refractivity (Wildman–Crippen MR) is 181 cm³/mol. The van der Waals surface area contributed by atoms with E-state index < -0.39 is 5.91 Å². The van der Waals surface area contributed by atoms with E-state index >= 15 is 0 Å². The zero-order valence-corrected chi connectivity index (χ0v) is 26.7. The Morgan fingerprint density at radius 3 is 2.60 bits per heavy atom. The number of piperidine rings is 1. The number of fused-ring (bicyclic) bond motifs is 2. The highest BCUT2D eigenvalue weighted by Crippen LogP contribution is 2.45. The Morgan fingerprint density at radius 1 is 1.00 bits per heavy atom. The molecule has 2 aliphatic rings. The van der Waals surface area contributed by atoms with Gasteiger partial charge in [0.2, 0.25) is 11.8 Å². The van der Waals surface area contributed by atoms with Crippen LogP contribution in [-0.4, -0.2) is 63.9 Å². The first-order valence-corrected chi connectivity index (χ1v) is 16.6. The van der Waals surface area contributed by atoms with Crippen molar-refractivity contribution in [2.75, 3.05) is 37.5 Å². The minimum absolute atomic E-state index is 0.00855. The Morgan fingerprint density at radius 2 is 1.79 bits per heavy atom. The van der Waals surface area contributed by atoms with Gasteiger partial charge in [0.25, 0.3) is 0 Å². The number of azo groups is 1. The van der Waals surface area contributed by atoms with Crippen LogP contribution >= 0.6 is 11.8 Å². The maximum absolute atomic E-state index is 13.2. The molecule has 7 rings (SSSR count). The van der Waals surface area contributed by atoms with Crippen molar-refractivity contribution >= 4 is 56.8 Å². The summed E-state index contributed by atoms with van der Waals surface area (Å²) >= 11 is 1.56. The van der Waals surface area contributed by atoms with E-state index in [4.69, 9.17) is 9.47 Å². The normalized spacial score (nSPS) is 17.3. The van der Waals surface area contributed by atoms with Gasteiger partial charge in [-0.05, 0) is 74.0 Å². The summed E-state index contributed by atoms with van der Waals surface area (Å²) in [6.45, 7) is 2.10. The second-order valence-corrected chi connectivity index (χ2v) is 12.6. The molecule has 0 bridgehead atoms. The van der Waals surface area contributed by atoms with Crippen molar-refractivity contribution in [2.45, 2.75) is 31.3 Å². The zero-order chi connectivity index (χ0) is 32.3. The molecule has 0 spiro atoms. The molecule has 12 heteroatoms. The second-order valence-electron chi connectivity index (χ2n) is 11.5. The molecular weight excluding hydrogens is 616 g/mol. The number of aromatic nitrogens is 2. The quantitative estimate of drug-likeness (QED) is 0.173. The molecule has 0 radical (unpaired) electrons. The number of ether oxygens (including phenoxy) is 2. The first kappa shape index (κ1) is 30.7. The van der Waals surface area contributed by atoms with Gasteiger partial charge in [-0.3, -0.25) is 28.9 Å². The lowest BCUT2D eigenvalue weighted by atomic mass is 10.1. The molecule has 1 atom stereocenters. The van der Waals surface area contributed by atoms with Crippen LogP contribution in [0.1, 0.15) is 30.2 Å². The van der Waals surface area contributed by atoms with Crippen LogP contribution in [-0.2, 0) is 16.3 Å². The number of hydrogen-bond acceptors (Lipinski definition) is 9. The topological polar surface area (TPSA) is 122 Å². The molecular formula is C35H34N6O5S. The zero-order valence-electron chi connectivity index (χ0n) is 25.9. The SMILES string of the molecule is COc1ccc(C2SCC(=O)N2c2ccc(OCC(=O)N=Nc3c(O)n(CN4CCCCC4)c4ccccc34)c3ncccc23)cc1. The Kier molecular flexibility index (Phi) is 8.77. The summed E-state index contributed by atoms with van der Waals surface area (Å²) in [5, 5.41) is 20.4. The lowest BCUT2D eigenvalue weighted by Crippen LogP contribution is -2.31. The summed E-state index contributed by atoms with van der Waals surface area (Å²) in [4.78, 5) is 34.7. The number of rotatable bonds is 9. The molecule has 5 aromatic rings. The minimum atomic E-state index is -0.615. The first-order chi connectivity index (χ1) is 23.0. The standard InChI is InChI=1S/C35H34N6O5S/c1-45-24-13-11-23(12-14-24)35-41(31(43)21-47-35)28-15-16-29(32-26(28)9-7-17-36-32)46-20-30(42)37-38-33-25-8-3-4-10-27(25)40(34(33)44)22-39-18-5-2-6-19-39/h3-4,7-17,35,44H,2,5-6,18-22H2,1H3. The van der Waals surface area contributed by atoms with Crippen molar-refractivity contribution in [3.05, 3.63) is 84.6 Å². The van der Waals surface area contributed by atoms with E-state index in [0.717, 1.165) is 48.1 Å². The second kappa shape index (κ2) is 13.4. The Hall–Kier alpha value is -4.94. The number of amides is 2. The average Bonchev–Trinajstić information content (AvgIpc) is 3.62. The molecule has 47 heavy (non-hydrogen) atoms. The van der Waals surface area contributed by atoms with E-state index in [9.17, 15) is 14.7 Å². The fraction of sp³-hybridized carbons (Fsp3) is 0.286. The van der Waals surface area contributed by atoms with E-state index in [1.807, 2.05) is 65.2 Å². The van der Waals surface area contributed by atoms with E-state index in [2.05, 4.69) is 20.1 Å². The number of nitrogens with zero attached hydrogens (tertiary/aromatic N) is 6. The van der Waals surface area contributed by atoms with E-state index in [1.165, 1.54) is 6.42 Å². The van der Waals surface area contributed by atoms with Crippen LogP contribution in [0.25, 0.3) is 21.8 Å². The number of hydrogen-bond donors (Lipinski definition) is 1. The van der Waals surface area contributed by atoms with Crippen molar-refractivity contribution in [1.29, 1.82) is 0 Å². The lowest BCUT2D eigenvalue weighted by molar-refractivity contribution is -0.120. The lowest BCUT2D eigenvalue weighted by Gasteiger charge is -2.27. The molecule has 2 saturated heterocycles. The monoisotopic (exact) mass is 650 g/mol. The van der Waals surface area contributed by atoms with Crippen molar-refractivity contribution < 1.29 is 24.2 Å². The molecule has 240 valence electrons. The van der Waals surface area contributed by atoms with Crippen molar-refractivity contribution in [3.8, 4) is 17.4 Å². The van der Waals surface area contributed by atoms with Crippen molar-refractivity contribution in [3.63, 3.8) is 0 Å². The summed E-state index contributed by atoms with van der Waals surface area (Å²) in [5.74, 6) is 0.831. The van der Waals surface area contributed by atoms with Crippen LogP contribution in [0.15, 0.2) is 89.2 Å². The van der Waals surface area contributed by atoms with Crippen molar-refractivity contribution in [1.82, 2.24) is 14.5 Å². The molecule has 1 unspecified atom stereocenters. The number of anilines is 1. The van der Waals surface area contributed by atoms with Gasteiger partial charge in [0.1, 0.15) is 22.4 Å². The van der Waals surface area contributed by atoms with Gasteiger partial charge in [0.15, 0.2) is 12.3 Å². The van der Waals surface area contributed by atoms with Gasteiger partial charge in [-0.1, -0.05) is 36.8 Å². The summed E-state index contributed by atoms with van der Waals surface area (Å²) < 4.78 is 13.0. The molecule has 2 aliphatic heterocycles. The summed E-state index contributed by atoms with van der Waals surface area (Å²) in [5.41, 5.74) is 3.29. The number of pyridine rings is 1. The van der Waals surface area contributed by atoms with E-state index in [1.54, 1.807) is 42.1 Å². The molecule has 2 aromatic heterocycles. The molecule has 3 aromatic carbocycles. The van der Waals surface area contributed by atoms with Crippen LogP contribution in [0.2, 0.25) is 0 Å². The van der Waals surface area contributed by atoms with Gasteiger partial charge < -0.3 is 14.6 Å². The Balaban J connectivity index is 1.10. The third-order valence-electron chi connectivity index (χ3n) is 8.56. The minimum Gasteiger partial charge on any atom is -0.497 e. The number of carbonyl (C=O) groups is 2. The largest absolute Gasteiger partial charge is 0.497 e. The molecule has 1 N–H and O–H groups in total. The fourth-order valence-corrected chi connectivity index (χ4v) is 7.42. The Bertz CT molecular complexity index is 1970. The van der Waals surface area contributed by atoms with Crippen LogP contribution < -0.4 is 14.4 Å². The molecule has 0 saturated carbocycles. The maximum Gasteiger partial charge on any atom is 0.302 e. The molecule has 11 nitrogen and oxygen atoms in total. The predicted octanol–water partition coefficient (Wildman–Crippen LogP) is 6.82. The highest BCUT2D eigenvalue weighted by atomic mass is 32.2.